The summed E-state index contributed by atoms with van der Waals surface area (Å²) in [6, 6.07) is 0. The van der Waals surface area contributed by atoms with Crippen LogP contribution in [0.25, 0.3) is 0 Å². The molecule has 0 aliphatic rings. The van der Waals surface area contributed by atoms with E-state index in [1.54, 1.807) is 0 Å². The van der Waals surface area contributed by atoms with E-state index in [0.29, 0.717) is 0 Å². The molecule has 0 bridgehead atoms. The zero-order valence-electron chi connectivity index (χ0n) is 14.0. The molecule has 0 unspecified atom stereocenters. The van der Waals surface area contributed by atoms with Gasteiger partial charge in [-0.2, -0.15) is 0 Å². The first kappa shape index (κ1) is 22.2. The van der Waals surface area contributed by atoms with Crippen molar-refractivity contribution in [1.82, 2.24) is 0 Å². The van der Waals surface area contributed by atoms with E-state index in [0.717, 1.165) is 0 Å². The molecule has 1 heteroatoms. The fraction of sp³-hybridized carbons (Fsp3) is 1.00. The molecule has 0 nitrogen and oxygen atoms in total. The first-order valence-electron chi connectivity index (χ1n) is 8.91. The average molecular weight is 467 g/mol. The Morgan fingerprint density at radius 3 is 0.632 bits per heavy atom. The maximum absolute atomic E-state index is 2.29. The molecule has 0 rings (SSSR count). The summed E-state index contributed by atoms with van der Waals surface area (Å²) in [7, 11) is 0. The molecule has 0 heterocycles. The second-order valence-electron chi connectivity index (χ2n) is 5.95. The predicted octanol–water partition coefficient (Wildman–Crippen LogP) is 6.08. The molecule has 0 spiro atoms. The van der Waals surface area contributed by atoms with Gasteiger partial charge in [0.1, 0.15) is 0 Å². The Labute approximate surface area is 142 Å². The second kappa shape index (κ2) is 21.2. The van der Waals surface area contributed by atoms with Gasteiger partial charge in [0.25, 0.3) is 0 Å². The summed E-state index contributed by atoms with van der Waals surface area (Å²) in [6.45, 7) is 4.59. The first-order chi connectivity index (χ1) is 8.91. The van der Waals surface area contributed by atoms with Crippen LogP contribution in [-0.2, 0) is 0 Å². The minimum absolute atomic E-state index is 0. The van der Waals surface area contributed by atoms with E-state index >= 15 is 0 Å². The third-order valence-corrected chi connectivity index (χ3v) is 3.96. The Kier molecular flexibility index (Phi) is 24.7. The number of unbranched alkanes of at least 4 members (excludes halogenated alkanes) is 15. The van der Waals surface area contributed by atoms with E-state index in [1.165, 1.54) is 103 Å². The van der Waals surface area contributed by atoms with Gasteiger partial charge in [-0.25, -0.2) is 0 Å². The van der Waals surface area contributed by atoms with Gasteiger partial charge in [0.15, 0.2) is 0 Å². The Morgan fingerprint density at radius 2 is 0.474 bits per heavy atom. The third-order valence-electron chi connectivity index (χ3n) is 3.96. The van der Waals surface area contributed by atoms with Crippen molar-refractivity contribution in [3.05, 3.63) is 0 Å². The van der Waals surface area contributed by atoms with Crippen molar-refractivity contribution in [3.63, 3.8) is 0 Å². The fourth-order valence-corrected chi connectivity index (χ4v) is 2.62. The van der Waals surface area contributed by atoms with E-state index in [2.05, 4.69) is 13.8 Å². The first-order valence-corrected chi connectivity index (χ1v) is 8.91. The molecule has 0 N–H and O–H groups in total. The molecule has 0 saturated carbocycles. The van der Waals surface area contributed by atoms with Crippen LogP contribution in [0.1, 0.15) is 117 Å². The number of rotatable bonds is 15. The Hall–Kier alpha value is 0.883. The zero-order chi connectivity index (χ0) is 13.3. The summed E-state index contributed by atoms with van der Waals surface area (Å²) >= 11 is 0. The average Bonchev–Trinajstić information content (AvgIpc) is 2.39. The number of hydrogen-bond donors (Lipinski definition) is 0. The molecule has 0 radical (unpaired) electrons. The van der Waals surface area contributed by atoms with E-state index in [9.17, 15) is 0 Å². The Morgan fingerprint density at radius 1 is 0.316 bits per heavy atom. The molecule has 0 aliphatic carbocycles. The molecule has 0 amide bonds. The molecule has 0 saturated heterocycles. The monoisotopic (exact) mass is 466 g/mol. The van der Waals surface area contributed by atoms with Crippen molar-refractivity contribution < 1.29 is 0 Å². The molecular weight excluding hydrogens is 425 g/mol. The molecule has 0 aromatic carbocycles. The summed E-state index contributed by atoms with van der Waals surface area (Å²) in [5.74, 6) is 0. The van der Waals surface area contributed by atoms with Gasteiger partial charge >= 0.3 is 26.2 Å². The quantitative estimate of drug-likeness (QED) is 0.203. The fourth-order valence-electron chi connectivity index (χ4n) is 2.62. The van der Waals surface area contributed by atoms with Gasteiger partial charge in [0.2, 0.25) is 0 Å². The topological polar surface area (TPSA) is 0 Å². The molecule has 118 valence electrons. The van der Waals surface area contributed by atoms with Crippen LogP contribution in [0.5, 0.6) is 0 Å². The minimum atomic E-state index is 0. The van der Waals surface area contributed by atoms with E-state index < -0.39 is 0 Å². The molecule has 0 fully saturated rings. The van der Waals surface area contributed by atoms with Crippen molar-refractivity contribution >= 4 is 26.2 Å². The van der Waals surface area contributed by atoms with Crippen molar-refractivity contribution in [1.29, 1.82) is 0 Å². The summed E-state index contributed by atoms with van der Waals surface area (Å²) in [5.41, 5.74) is 0. The van der Waals surface area contributed by atoms with E-state index in [1.807, 2.05) is 0 Å². The van der Waals surface area contributed by atoms with Crippen LogP contribution in [0, 0.1) is 0 Å². The standard InChI is InChI=1S/C18H38.Bi.3H/c1-3-5-7-9-11-13-15-17-18-16-14-12-10-8-6-4-2;;;;/h3-18H2,1-2H3;;;;. The van der Waals surface area contributed by atoms with E-state index in [-0.39, 0.29) is 26.2 Å². The van der Waals surface area contributed by atoms with Gasteiger partial charge in [-0.3, -0.25) is 0 Å². The summed E-state index contributed by atoms with van der Waals surface area (Å²) in [5, 5.41) is 0. The summed E-state index contributed by atoms with van der Waals surface area (Å²) in [4.78, 5) is 0. The van der Waals surface area contributed by atoms with Gasteiger partial charge in [-0.15, -0.1) is 0 Å². The van der Waals surface area contributed by atoms with Crippen molar-refractivity contribution in [3.8, 4) is 0 Å². The normalized spacial score (nSPS) is 10.4. The van der Waals surface area contributed by atoms with Crippen LogP contribution < -0.4 is 0 Å². The van der Waals surface area contributed by atoms with Crippen molar-refractivity contribution in [2.24, 2.45) is 0 Å². The zero-order valence-corrected chi connectivity index (χ0v) is 19.5. The second-order valence-corrected chi connectivity index (χ2v) is 5.95. The molecule has 0 aromatic heterocycles. The molecule has 0 atom stereocenters. The van der Waals surface area contributed by atoms with Gasteiger partial charge < -0.3 is 0 Å². The molecule has 19 heavy (non-hydrogen) atoms. The summed E-state index contributed by atoms with van der Waals surface area (Å²) < 4.78 is 0. The van der Waals surface area contributed by atoms with Crippen LogP contribution in [0.15, 0.2) is 0 Å². The van der Waals surface area contributed by atoms with Gasteiger partial charge in [-0.1, -0.05) is 117 Å². The SMILES string of the molecule is CCCCCCCCCCCCCCCCCC.[BiH3]. The van der Waals surface area contributed by atoms with Crippen LogP contribution in [-0.4, -0.2) is 26.2 Å². The predicted molar refractivity (Wildman–Crippen MR) is 95.2 cm³/mol. The van der Waals surface area contributed by atoms with Gasteiger partial charge in [0, 0.05) is 0 Å². The summed E-state index contributed by atoms with van der Waals surface area (Å²) in [6.07, 6.45) is 23.4. The Bertz CT molecular complexity index is 118. The van der Waals surface area contributed by atoms with Gasteiger partial charge in [-0.05, 0) is 0 Å². The van der Waals surface area contributed by atoms with Crippen molar-refractivity contribution in [2.75, 3.05) is 0 Å². The third kappa shape index (κ3) is 21.3. The maximum atomic E-state index is 2.29. The van der Waals surface area contributed by atoms with Crippen LogP contribution in [0.2, 0.25) is 0 Å². The van der Waals surface area contributed by atoms with Crippen LogP contribution in [0.4, 0.5) is 0 Å². The van der Waals surface area contributed by atoms with Crippen LogP contribution >= 0.6 is 0 Å². The van der Waals surface area contributed by atoms with Gasteiger partial charge in [0.05, 0.1) is 0 Å². The number of hydrogen-bond acceptors (Lipinski definition) is 0. The molecular formula is C18H41Bi. The molecule has 0 aliphatic heterocycles. The molecule has 0 aromatic rings. The van der Waals surface area contributed by atoms with Crippen LogP contribution in [0.3, 0.4) is 0 Å². The van der Waals surface area contributed by atoms with Crippen molar-refractivity contribution in [2.45, 2.75) is 117 Å². The van der Waals surface area contributed by atoms with E-state index in [4.69, 9.17) is 0 Å². The Balaban J connectivity index is 0.